The summed E-state index contributed by atoms with van der Waals surface area (Å²) >= 11 is 0. The monoisotopic (exact) mass is 340 g/mol. The van der Waals surface area contributed by atoms with Crippen LogP contribution < -0.4 is 15.4 Å². The van der Waals surface area contributed by atoms with Gasteiger partial charge in [0.1, 0.15) is 5.75 Å². The number of methoxy groups -OCH3 is 1. The van der Waals surface area contributed by atoms with Crippen molar-refractivity contribution in [3.8, 4) is 5.75 Å². The number of carbonyl (C=O) groups excluding carboxylic acids is 2. The normalized spacial score (nSPS) is 10.1. The van der Waals surface area contributed by atoms with E-state index in [-0.39, 0.29) is 24.8 Å². The van der Waals surface area contributed by atoms with E-state index < -0.39 is 0 Å². The zero-order chi connectivity index (χ0) is 17.9. The van der Waals surface area contributed by atoms with Gasteiger partial charge >= 0.3 is 0 Å². The molecule has 0 fully saturated rings. The van der Waals surface area contributed by atoms with Gasteiger partial charge in [0, 0.05) is 6.54 Å². The highest BCUT2D eigenvalue weighted by molar-refractivity contribution is 5.85. The summed E-state index contributed by atoms with van der Waals surface area (Å²) in [6.07, 6.45) is 2.03. The number of ether oxygens (including phenoxy) is 1. The van der Waals surface area contributed by atoms with Crippen LogP contribution in [0.4, 0.5) is 0 Å². The van der Waals surface area contributed by atoms with Crippen molar-refractivity contribution in [1.29, 1.82) is 0 Å². The minimum absolute atomic E-state index is 0.000322. The Balaban J connectivity index is 1.59. The Morgan fingerprint density at radius 2 is 1.60 bits per heavy atom. The molecule has 0 spiro atoms. The van der Waals surface area contributed by atoms with E-state index in [4.69, 9.17) is 4.74 Å². The lowest BCUT2D eigenvalue weighted by Crippen LogP contribution is -2.38. The van der Waals surface area contributed by atoms with Gasteiger partial charge in [0.05, 0.1) is 20.1 Å². The molecule has 2 aromatic carbocycles. The average molecular weight is 340 g/mol. The van der Waals surface area contributed by atoms with Gasteiger partial charge in [-0.1, -0.05) is 42.5 Å². The van der Waals surface area contributed by atoms with Crippen LogP contribution in [0.5, 0.6) is 5.75 Å². The summed E-state index contributed by atoms with van der Waals surface area (Å²) in [6.45, 7) is 0.600. The zero-order valence-corrected chi connectivity index (χ0v) is 14.5. The van der Waals surface area contributed by atoms with Crippen molar-refractivity contribution in [2.75, 3.05) is 20.2 Å². The molecule has 2 rings (SSSR count). The van der Waals surface area contributed by atoms with Crippen LogP contribution in [0.15, 0.2) is 54.6 Å². The topological polar surface area (TPSA) is 67.4 Å². The van der Waals surface area contributed by atoms with Crippen LogP contribution in [0, 0.1) is 0 Å². The molecule has 2 amide bonds. The number of hydrogen-bond donors (Lipinski definition) is 2. The van der Waals surface area contributed by atoms with Crippen LogP contribution in [-0.2, 0) is 22.4 Å². The Bertz CT molecular complexity index is 669. The fourth-order valence-electron chi connectivity index (χ4n) is 2.40. The molecule has 0 saturated heterocycles. The van der Waals surface area contributed by atoms with E-state index in [9.17, 15) is 9.59 Å². The summed E-state index contributed by atoms with van der Waals surface area (Å²) < 4.78 is 5.07. The van der Waals surface area contributed by atoms with Gasteiger partial charge in [-0.05, 0) is 36.1 Å². The largest absolute Gasteiger partial charge is 0.497 e. The molecule has 0 bridgehead atoms. The third-order valence-corrected chi connectivity index (χ3v) is 3.78. The molecule has 0 radical (unpaired) electrons. The summed E-state index contributed by atoms with van der Waals surface area (Å²) in [5.74, 6) is 0.403. The van der Waals surface area contributed by atoms with Gasteiger partial charge < -0.3 is 15.4 Å². The van der Waals surface area contributed by atoms with Gasteiger partial charge in [-0.2, -0.15) is 0 Å². The van der Waals surface area contributed by atoms with Gasteiger partial charge in [0.25, 0.3) is 0 Å². The molecule has 0 aliphatic rings. The van der Waals surface area contributed by atoms with Crippen molar-refractivity contribution in [2.45, 2.75) is 19.3 Å². The number of carbonyl (C=O) groups is 2. The highest BCUT2D eigenvalue weighted by Crippen LogP contribution is 2.11. The van der Waals surface area contributed by atoms with Crippen LogP contribution in [-0.4, -0.2) is 32.0 Å². The minimum atomic E-state index is -0.176. The molecule has 0 aromatic heterocycles. The Morgan fingerprint density at radius 3 is 2.28 bits per heavy atom. The molecule has 5 heteroatoms. The summed E-state index contributed by atoms with van der Waals surface area (Å²) in [5, 5.41) is 5.45. The number of nitrogens with one attached hydrogen (secondary N) is 2. The van der Waals surface area contributed by atoms with Crippen molar-refractivity contribution in [3.05, 3.63) is 65.7 Å². The molecule has 0 atom stereocenters. The maximum atomic E-state index is 11.9. The number of amides is 2. The van der Waals surface area contributed by atoms with Crippen molar-refractivity contribution in [1.82, 2.24) is 10.6 Å². The number of rotatable bonds is 9. The Morgan fingerprint density at radius 1 is 0.880 bits per heavy atom. The van der Waals surface area contributed by atoms with Crippen LogP contribution in [0.1, 0.15) is 17.5 Å². The molecule has 132 valence electrons. The predicted molar refractivity (Wildman–Crippen MR) is 97.5 cm³/mol. The van der Waals surface area contributed by atoms with E-state index in [1.165, 1.54) is 5.56 Å². The van der Waals surface area contributed by atoms with Crippen LogP contribution in [0.3, 0.4) is 0 Å². The molecule has 0 saturated carbocycles. The molecule has 25 heavy (non-hydrogen) atoms. The molecule has 2 N–H and O–H groups in total. The second kappa shape index (κ2) is 10.1. The lowest BCUT2D eigenvalue weighted by atomic mass is 10.1. The Labute approximate surface area is 148 Å². The van der Waals surface area contributed by atoms with Gasteiger partial charge in [0.15, 0.2) is 0 Å². The number of benzene rings is 2. The molecule has 0 aliphatic carbocycles. The van der Waals surface area contributed by atoms with Gasteiger partial charge in [0.2, 0.25) is 11.8 Å². The van der Waals surface area contributed by atoms with Crippen molar-refractivity contribution in [2.24, 2.45) is 0 Å². The molecular formula is C20H24N2O3. The first-order valence-corrected chi connectivity index (χ1v) is 8.37. The van der Waals surface area contributed by atoms with Crippen molar-refractivity contribution >= 4 is 11.8 Å². The SMILES string of the molecule is COc1ccc(CC(=O)NCC(=O)NCCCc2ccccc2)cc1. The molecule has 5 nitrogen and oxygen atoms in total. The standard InChI is InChI=1S/C20H24N2O3/c1-25-18-11-9-17(10-12-18)14-19(23)22-15-20(24)21-13-5-8-16-6-3-2-4-7-16/h2-4,6-7,9-12H,5,8,13-15H2,1H3,(H,21,24)(H,22,23). The lowest BCUT2D eigenvalue weighted by molar-refractivity contribution is -0.125. The van der Waals surface area contributed by atoms with E-state index >= 15 is 0 Å². The fraction of sp³-hybridized carbons (Fsp3) is 0.300. The van der Waals surface area contributed by atoms with E-state index in [2.05, 4.69) is 22.8 Å². The summed E-state index contributed by atoms with van der Waals surface area (Å²) in [4.78, 5) is 23.6. The second-order valence-corrected chi connectivity index (χ2v) is 5.74. The summed E-state index contributed by atoms with van der Waals surface area (Å²) in [7, 11) is 1.60. The fourth-order valence-corrected chi connectivity index (χ4v) is 2.40. The smallest absolute Gasteiger partial charge is 0.239 e. The first-order valence-electron chi connectivity index (χ1n) is 8.37. The first-order chi connectivity index (χ1) is 12.2. The number of aryl methyl sites for hydroxylation is 1. The predicted octanol–water partition coefficient (Wildman–Crippen LogP) is 2.10. The minimum Gasteiger partial charge on any atom is -0.497 e. The van der Waals surface area contributed by atoms with Gasteiger partial charge in [-0.3, -0.25) is 9.59 Å². The van der Waals surface area contributed by atoms with Crippen LogP contribution in [0.2, 0.25) is 0 Å². The summed E-state index contributed by atoms with van der Waals surface area (Å²) in [5.41, 5.74) is 2.13. The van der Waals surface area contributed by atoms with Gasteiger partial charge in [-0.15, -0.1) is 0 Å². The maximum absolute atomic E-state index is 11.9. The second-order valence-electron chi connectivity index (χ2n) is 5.74. The Kier molecular flexibility index (Phi) is 7.50. The average Bonchev–Trinajstić information content (AvgIpc) is 2.65. The molecule has 2 aromatic rings. The zero-order valence-electron chi connectivity index (χ0n) is 14.5. The van der Waals surface area contributed by atoms with Gasteiger partial charge in [-0.25, -0.2) is 0 Å². The van der Waals surface area contributed by atoms with E-state index in [0.717, 1.165) is 24.2 Å². The Hall–Kier alpha value is -2.82. The molecular weight excluding hydrogens is 316 g/mol. The molecule has 0 unspecified atom stereocenters. The highest BCUT2D eigenvalue weighted by Gasteiger charge is 2.06. The van der Waals surface area contributed by atoms with Crippen LogP contribution in [0.25, 0.3) is 0 Å². The van der Waals surface area contributed by atoms with E-state index in [1.54, 1.807) is 7.11 Å². The molecule has 0 heterocycles. The highest BCUT2D eigenvalue weighted by atomic mass is 16.5. The lowest BCUT2D eigenvalue weighted by Gasteiger charge is -2.08. The first kappa shape index (κ1) is 18.5. The quantitative estimate of drug-likeness (QED) is 0.687. The van der Waals surface area contributed by atoms with E-state index in [0.29, 0.717) is 6.54 Å². The number of hydrogen-bond acceptors (Lipinski definition) is 3. The van der Waals surface area contributed by atoms with Crippen molar-refractivity contribution < 1.29 is 14.3 Å². The third kappa shape index (κ3) is 7.08. The van der Waals surface area contributed by atoms with Crippen molar-refractivity contribution in [3.63, 3.8) is 0 Å². The third-order valence-electron chi connectivity index (χ3n) is 3.78. The van der Waals surface area contributed by atoms with Crippen LogP contribution >= 0.6 is 0 Å². The molecule has 0 aliphatic heterocycles. The van der Waals surface area contributed by atoms with E-state index in [1.807, 2.05) is 42.5 Å². The maximum Gasteiger partial charge on any atom is 0.239 e. The summed E-state index contributed by atoms with van der Waals surface area (Å²) in [6, 6.07) is 17.4.